The van der Waals surface area contributed by atoms with Gasteiger partial charge in [-0.2, -0.15) is 0 Å². The van der Waals surface area contributed by atoms with Gasteiger partial charge in [0.1, 0.15) is 0 Å². The SMILES string of the molecule is CC(=O)c1ccc(NC(=O)c2cncc(N3CCCC(C)C3)c2)cc1. The van der Waals surface area contributed by atoms with Gasteiger partial charge in [0, 0.05) is 30.5 Å². The van der Waals surface area contributed by atoms with E-state index >= 15 is 0 Å². The summed E-state index contributed by atoms with van der Waals surface area (Å²) in [6.07, 6.45) is 5.81. The van der Waals surface area contributed by atoms with E-state index in [-0.39, 0.29) is 11.7 Å². The molecule has 0 spiro atoms. The minimum atomic E-state index is -0.199. The molecule has 1 aliphatic rings. The molecule has 1 fully saturated rings. The van der Waals surface area contributed by atoms with Gasteiger partial charge in [-0.3, -0.25) is 14.6 Å². The summed E-state index contributed by atoms with van der Waals surface area (Å²) in [6.45, 7) is 5.77. The second-order valence-electron chi connectivity index (χ2n) is 6.71. The molecule has 1 saturated heterocycles. The molecule has 1 aromatic heterocycles. The van der Waals surface area contributed by atoms with E-state index in [1.165, 1.54) is 19.8 Å². The van der Waals surface area contributed by atoms with Gasteiger partial charge in [-0.1, -0.05) is 6.92 Å². The molecule has 1 aliphatic heterocycles. The number of carbonyl (C=O) groups excluding carboxylic acids is 2. The Morgan fingerprint density at radius 3 is 2.60 bits per heavy atom. The summed E-state index contributed by atoms with van der Waals surface area (Å²) in [7, 11) is 0. The third kappa shape index (κ3) is 4.24. The van der Waals surface area contributed by atoms with E-state index in [4.69, 9.17) is 0 Å². The molecule has 0 bridgehead atoms. The maximum atomic E-state index is 12.5. The summed E-state index contributed by atoms with van der Waals surface area (Å²) in [5.41, 5.74) is 2.81. The molecule has 5 heteroatoms. The Morgan fingerprint density at radius 1 is 1.16 bits per heavy atom. The molecule has 0 saturated carbocycles. The van der Waals surface area contributed by atoms with Gasteiger partial charge in [-0.25, -0.2) is 0 Å². The molecule has 130 valence electrons. The number of amides is 1. The lowest BCUT2D eigenvalue weighted by Crippen LogP contribution is -2.34. The molecule has 1 aromatic carbocycles. The lowest BCUT2D eigenvalue weighted by atomic mass is 10.00. The fraction of sp³-hybridized carbons (Fsp3) is 0.350. The van der Waals surface area contributed by atoms with Crippen molar-refractivity contribution in [3.8, 4) is 0 Å². The highest BCUT2D eigenvalue weighted by Gasteiger charge is 2.18. The molecule has 5 nitrogen and oxygen atoms in total. The van der Waals surface area contributed by atoms with E-state index in [0.717, 1.165) is 18.8 Å². The number of piperidine rings is 1. The summed E-state index contributed by atoms with van der Waals surface area (Å²) in [5.74, 6) is 0.464. The lowest BCUT2D eigenvalue weighted by Gasteiger charge is -2.32. The summed E-state index contributed by atoms with van der Waals surface area (Å²) in [5, 5.41) is 2.85. The maximum Gasteiger partial charge on any atom is 0.257 e. The second kappa shape index (κ2) is 7.47. The van der Waals surface area contributed by atoms with Crippen LogP contribution in [0.15, 0.2) is 42.7 Å². The van der Waals surface area contributed by atoms with Crippen LogP contribution in [0.5, 0.6) is 0 Å². The Bertz CT molecular complexity index is 771. The Labute approximate surface area is 148 Å². The zero-order chi connectivity index (χ0) is 17.8. The van der Waals surface area contributed by atoms with Gasteiger partial charge in [0.15, 0.2) is 5.78 Å². The van der Waals surface area contributed by atoms with Crippen molar-refractivity contribution < 1.29 is 9.59 Å². The van der Waals surface area contributed by atoms with Crippen molar-refractivity contribution in [1.29, 1.82) is 0 Å². The molecule has 1 N–H and O–H groups in total. The van der Waals surface area contributed by atoms with Crippen LogP contribution in [-0.2, 0) is 0 Å². The lowest BCUT2D eigenvalue weighted by molar-refractivity contribution is 0.101. The average Bonchev–Trinajstić information content (AvgIpc) is 2.62. The molecular formula is C20H23N3O2. The topological polar surface area (TPSA) is 62.3 Å². The number of rotatable bonds is 4. The minimum absolute atomic E-state index is 0.00513. The summed E-state index contributed by atoms with van der Waals surface area (Å²) in [4.78, 5) is 30.3. The van der Waals surface area contributed by atoms with Gasteiger partial charge in [0.25, 0.3) is 5.91 Å². The van der Waals surface area contributed by atoms with Gasteiger partial charge in [0.05, 0.1) is 17.4 Å². The monoisotopic (exact) mass is 337 g/mol. The van der Waals surface area contributed by atoms with Crippen molar-refractivity contribution in [2.24, 2.45) is 5.92 Å². The quantitative estimate of drug-likeness (QED) is 0.863. The number of hydrogen-bond acceptors (Lipinski definition) is 4. The summed E-state index contributed by atoms with van der Waals surface area (Å²) in [6, 6.07) is 8.78. The maximum absolute atomic E-state index is 12.5. The second-order valence-corrected chi connectivity index (χ2v) is 6.71. The van der Waals surface area contributed by atoms with Crippen LogP contribution in [0.1, 0.15) is 47.4 Å². The first-order chi connectivity index (χ1) is 12.0. The molecule has 1 atom stereocenters. The number of Topliss-reactive ketones (excluding diaryl/α,β-unsaturated/α-hetero) is 1. The number of benzene rings is 1. The van der Waals surface area contributed by atoms with E-state index in [1.54, 1.807) is 30.5 Å². The van der Waals surface area contributed by atoms with Crippen molar-refractivity contribution >= 4 is 23.1 Å². The molecule has 3 rings (SSSR count). The predicted octanol–water partition coefficient (Wildman–Crippen LogP) is 3.77. The largest absolute Gasteiger partial charge is 0.370 e. The van der Waals surface area contributed by atoms with Crippen molar-refractivity contribution in [3.63, 3.8) is 0 Å². The van der Waals surface area contributed by atoms with Gasteiger partial charge in [0.2, 0.25) is 0 Å². The Kier molecular flexibility index (Phi) is 5.12. The fourth-order valence-corrected chi connectivity index (χ4v) is 3.14. The zero-order valence-corrected chi connectivity index (χ0v) is 14.7. The van der Waals surface area contributed by atoms with Crippen LogP contribution < -0.4 is 10.2 Å². The highest BCUT2D eigenvalue weighted by Crippen LogP contribution is 2.23. The van der Waals surface area contributed by atoms with Gasteiger partial charge < -0.3 is 10.2 Å². The number of carbonyl (C=O) groups is 2. The molecule has 0 radical (unpaired) electrons. The van der Waals surface area contributed by atoms with E-state index in [0.29, 0.717) is 22.7 Å². The van der Waals surface area contributed by atoms with Crippen LogP contribution in [0.3, 0.4) is 0 Å². The fourth-order valence-electron chi connectivity index (χ4n) is 3.14. The van der Waals surface area contributed by atoms with Crippen molar-refractivity contribution in [2.45, 2.75) is 26.7 Å². The Balaban J connectivity index is 1.71. The third-order valence-corrected chi connectivity index (χ3v) is 4.56. The number of anilines is 2. The molecule has 2 aromatic rings. The van der Waals surface area contributed by atoms with Crippen LogP contribution >= 0.6 is 0 Å². The molecule has 1 amide bonds. The predicted molar refractivity (Wildman–Crippen MR) is 99.2 cm³/mol. The summed E-state index contributed by atoms with van der Waals surface area (Å²) < 4.78 is 0. The van der Waals surface area contributed by atoms with Gasteiger partial charge in [-0.05, 0) is 56.0 Å². The first kappa shape index (κ1) is 17.1. The van der Waals surface area contributed by atoms with E-state index in [2.05, 4.69) is 22.1 Å². The number of nitrogens with one attached hydrogen (secondary N) is 1. The van der Waals surface area contributed by atoms with Crippen LogP contribution in [0.4, 0.5) is 11.4 Å². The number of pyridine rings is 1. The zero-order valence-electron chi connectivity index (χ0n) is 14.7. The first-order valence-corrected chi connectivity index (χ1v) is 8.65. The minimum Gasteiger partial charge on any atom is -0.370 e. The van der Waals surface area contributed by atoms with Crippen LogP contribution in [0.25, 0.3) is 0 Å². The highest BCUT2D eigenvalue weighted by molar-refractivity contribution is 6.04. The number of ketones is 1. The normalized spacial score (nSPS) is 17.2. The third-order valence-electron chi connectivity index (χ3n) is 4.56. The standard InChI is InChI=1S/C20H23N3O2/c1-14-4-3-9-23(13-14)19-10-17(11-21-12-19)20(25)22-18-7-5-16(6-8-18)15(2)24/h5-8,10-12,14H,3-4,9,13H2,1-2H3,(H,22,25). The average molecular weight is 337 g/mol. The Morgan fingerprint density at radius 2 is 1.92 bits per heavy atom. The van der Waals surface area contributed by atoms with Crippen molar-refractivity contribution in [3.05, 3.63) is 53.9 Å². The molecule has 0 aliphatic carbocycles. The first-order valence-electron chi connectivity index (χ1n) is 8.65. The van der Waals surface area contributed by atoms with Crippen molar-refractivity contribution in [1.82, 2.24) is 4.98 Å². The van der Waals surface area contributed by atoms with Gasteiger partial charge in [-0.15, -0.1) is 0 Å². The van der Waals surface area contributed by atoms with E-state index in [9.17, 15) is 9.59 Å². The molecule has 2 heterocycles. The molecule has 1 unspecified atom stereocenters. The van der Waals surface area contributed by atoms with E-state index in [1.807, 2.05) is 12.3 Å². The van der Waals surface area contributed by atoms with Crippen LogP contribution in [0, 0.1) is 5.92 Å². The van der Waals surface area contributed by atoms with Crippen LogP contribution in [-0.4, -0.2) is 29.8 Å². The van der Waals surface area contributed by atoms with Gasteiger partial charge >= 0.3 is 0 Å². The highest BCUT2D eigenvalue weighted by atomic mass is 16.1. The number of hydrogen-bond donors (Lipinski definition) is 1. The van der Waals surface area contributed by atoms with Crippen molar-refractivity contribution in [2.75, 3.05) is 23.3 Å². The van der Waals surface area contributed by atoms with Crippen LogP contribution in [0.2, 0.25) is 0 Å². The molecule has 25 heavy (non-hydrogen) atoms. The summed E-state index contributed by atoms with van der Waals surface area (Å²) >= 11 is 0. The number of aromatic nitrogens is 1. The van der Waals surface area contributed by atoms with E-state index < -0.39 is 0 Å². The molecular weight excluding hydrogens is 314 g/mol. The Hall–Kier alpha value is -2.69. The smallest absolute Gasteiger partial charge is 0.257 e. The number of nitrogens with zero attached hydrogens (tertiary/aromatic N) is 2.